The van der Waals surface area contributed by atoms with Gasteiger partial charge in [-0.1, -0.05) is 19.3 Å². The van der Waals surface area contributed by atoms with Crippen LogP contribution in [-0.4, -0.2) is 26.8 Å². The second-order valence-corrected chi connectivity index (χ2v) is 4.92. The van der Waals surface area contributed by atoms with Crippen LogP contribution in [0.2, 0.25) is 0 Å². The van der Waals surface area contributed by atoms with Gasteiger partial charge in [-0.15, -0.1) is 0 Å². The molecule has 1 N–H and O–H groups in total. The highest BCUT2D eigenvalue weighted by Gasteiger charge is 2.33. The van der Waals surface area contributed by atoms with E-state index in [4.69, 9.17) is 4.74 Å². The Kier molecular flexibility index (Phi) is 3.82. The van der Waals surface area contributed by atoms with Crippen molar-refractivity contribution in [2.24, 2.45) is 17.8 Å². The molecule has 0 bridgehead atoms. The van der Waals surface area contributed by atoms with Gasteiger partial charge in [0.25, 0.3) is 0 Å². The van der Waals surface area contributed by atoms with Crippen molar-refractivity contribution in [1.29, 1.82) is 0 Å². The van der Waals surface area contributed by atoms with Crippen LogP contribution in [0, 0.1) is 17.8 Å². The standard InChI is InChI=1S/C12H23NO/c1-14-9-12(10-4-2-5-10)11-6-3-7-13-8-11/h10-13H,2-9H2,1H3. The number of ether oxygens (including phenoxy) is 1. The number of methoxy groups -OCH3 is 1. The first-order valence-electron chi connectivity index (χ1n) is 6.11. The van der Waals surface area contributed by atoms with Crippen LogP contribution in [0.1, 0.15) is 32.1 Å². The van der Waals surface area contributed by atoms with Gasteiger partial charge in [0.05, 0.1) is 0 Å². The SMILES string of the molecule is COCC(C1CCC1)C1CCCNC1. The molecule has 1 aliphatic carbocycles. The maximum Gasteiger partial charge on any atom is 0.0496 e. The average molecular weight is 197 g/mol. The molecule has 1 saturated heterocycles. The van der Waals surface area contributed by atoms with E-state index in [0.29, 0.717) is 0 Å². The van der Waals surface area contributed by atoms with E-state index in [9.17, 15) is 0 Å². The summed E-state index contributed by atoms with van der Waals surface area (Å²) in [4.78, 5) is 0. The van der Waals surface area contributed by atoms with Crippen LogP contribution < -0.4 is 5.32 Å². The molecule has 2 heteroatoms. The van der Waals surface area contributed by atoms with Crippen LogP contribution in [0.4, 0.5) is 0 Å². The van der Waals surface area contributed by atoms with E-state index in [1.54, 1.807) is 0 Å². The number of hydrogen-bond donors (Lipinski definition) is 1. The molecule has 0 aromatic carbocycles. The van der Waals surface area contributed by atoms with Crippen molar-refractivity contribution >= 4 is 0 Å². The second-order valence-electron chi connectivity index (χ2n) is 4.92. The third-order valence-corrected chi connectivity index (χ3v) is 4.05. The summed E-state index contributed by atoms with van der Waals surface area (Å²) in [5.41, 5.74) is 0. The van der Waals surface area contributed by atoms with Gasteiger partial charge in [-0.25, -0.2) is 0 Å². The lowest BCUT2D eigenvalue weighted by Gasteiger charge is -2.40. The minimum absolute atomic E-state index is 0.835. The van der Waals surface area contributed by atoms with E-state index < -0.39 is 0 Å². The van der Waals surface area contributed by atoms with Crippen LogP contribution >= 0.6 is 0 Å². The molecule has 1 aliphatic heterocycles. The van der Waals surface area contributed by atoms with Crippen molar-refractivity contribution in [1.82, 2.24) is 5.32 Å². The van der Waals surface area contributed by atoms with Gasteiger partial charge < -0.3 is 10.1 Å². The Labute approximate surface area is 87.4 Å². The summed E-state index contributed by atoms with van der Waals surface area (Å²) >= 11 is 0. The van der Waals surface area contributed by atoms with Crippen LogP contribution in [0.3, 0.4) is 0 Å². The number of piperidine rings is 1. The third kappa shape index (κ3) is 2.29. The van der Waals surface area contributed by atoms with Crippen molar-refractivity contribution in [2.75, 3.05) is 26.8 Å². The van der Waals surface area contributed by atoms with E-state index in [2.05, 4.69) is 5.32 Å². The first-order valence-corrected chi connectivity index (χ1v) is 6.11. The molecule has 14 heavy (non-hydrogen) atoms. The van der Waals surface area contributed by atoms with Gasteiger partial charge in [0.15, 0.2) is 0 Å². The quantitative estimate of drug-likeness (QED) is 0.745. The predicted molar refractivity (Wildman–Crippen MR) is 58.3 cm³/mol. The first kappa shape index (κ1) is 10.4. The van der Waals surface area contributed by atoms with Crippen LogP contribution in [-0.2, 0) is 4.74 Å². The maximum absolute atomic E-state index is 5.39. The Morgan fingerprint density at radius 3 is 2.50 bits per heavy atom. The highest BCUT2D eigenvalue weighted by atomic mass is 16.5. The fraction of sp³-hybridized carbons (Fsp3) is 1.00. The van der Waals surface area contributed by atoms with Gasteiger partial charge in [0.2, 0.25) is 0 Å². The Morgan fingerprint density at radius 1 is 1.21 bits per heavy atom. The highest BCUT2D eigenvalue weighted by molar-refractivity contribution is 4.85. The third-order valence-electron chi connectivity index (χ3n) is 4.05. The zero-order chi connectivity index (χ0) is 9.80. The number of nitrogens with one attached hydrogen (secondary N) is 1. The van der Waals surface area contributed by atoms with Crippen LogP contribution in [0.5, 0.6) is 0 Å². The molecule has 0 radical (unpaired) electrons. The minimum Gasteiger partial charge on any atom is -0.384 e. The molecule has 1 heterocycles. The van der Waals surface area contributed by atoms with E-state index in [1.165, 1.54) is 45.2 Å². The highest BCUT2D eigenvalue weighted by Crippen LogP contribution is 2.39. The zero-order valence-corrected chi connectivity index (χ0v) is 9.30. The zero-order valence-electron chi connectivity index (χ0n) is 9.30. The number of hydrogen-bond acceptors (Lipinski definition) is 2. The summed E-state index contributed by atoms with van der Waals surface area (Å²) in [6, 6.07) is 0. The Bertz CT molecular complexity index is 162. The summed E-state index contributed by atoms with van der Waals surface area (Å²) in [5.74, 6) is 2.69. The van der Waals surface area contributed by atoms with Gasteiger partial charge in [-0.3, -0.25) is 0 Å². The smallest absolute Gasteiger partial charge is 0.0496 e. The molecule has 0 amide bonds. The molecule has 0 aromatic heterocycles. The molecule has 2 aliphatic rings. The summed E-state index contributed by atoms with van der Waals surface area (Å²) < 4.78 is 5.39. The van der Waals surface area contributed by atoms with Gasteiger partial charge in [0.1, 0.15) is 0 Å². The van der Waals surface area contributed by atoms with Crippen molar-refractivity contribution in [3.05, 3.63) is 0 Å². The predicted octanol–water partition coefficient (Wildman–Crippen LogP) is 2.05. The van der Waals surface area contributed by atoms with Gasteiger partial charge in [-0.2, -0.15) is 0 Å². The summed E-state index contributed by atoms with van der Waals surface area (Å²) in [6.45, 7) is 3.43. The lowest BCUT2D eigenvalue weighted by atomic mass is 9.69. The van der Waals surface area contributed by atoms with Gasteiger partial charge in [0, 0.05) is 13.7 Å². The van der Waals surface area contributed by atoms with E-state index in [-0.39, 0.29) is 0 Å². The molecular weight excluding hydrogens is 174 g/mol. The lowest BCUT2D eigenvalue weighted by Crippen LogP contribution is -2.40. The topological polar surface area (TPSA) is 21.3 Å². The molecular formula is C12H23NO. The van der Waals surface area contributed by atoms with Crippen molar-refractivity contribution < 1.29 is 4.74 Å². The van der Waals surface area contributed by atoms with Crippen LogP contribution in [0.25, 0.3) is 0 Å². The number of rotatable bonds is 4. The molecule has 2 unspecified atom stereocenters. The largest absolute Gasteiger partial charge is 0.384 e. The average Bonchev–Trinajstić information content (AvgIpc) is 2.16. The fourth-order valence-electron chi connectivity index (χ4n) is 2.96. The Morgan fingerprint density at radius 2 is 2.00 bits per heavy atom. The van der Waals surface area contributed by atoms with Gasteiger partial charge in [-0.05, 0) is 43.7 Å². The van der Waals surface area contributed by atoms with E-state index >= 15 is 0 Å². The van der Waals surface area contributed by atoms with E-state index in [0.717, 1.165) is 24.4 Å². The van der Waals surface area contributed by atoms with Crippen molar-refractivity contribution in [3.8, 4) is 0 Å². The fourth-order valence-corrected chi connectivity index (χ4v) is 2.96. The Hall–Kier alpha value is -0.0800. The van der Waals surface area contributed by atoms with Crippen molar-refractivity contribution in [3.63, 3.8) is 0 Å². The summed E-state index contributed by atoms with van der Waals surface area (Å²) in [6.07, 6.45) is 7.12. The molecule has 0 aromatic rings. The Balaban J connectivity index is 1.86. The van der Waals surface area contributed by atoms with Crippen molar-refractivity contribution in [2.45, 2.75) is 32.1 Å². The molecule has 0 spiro atoms. The normalized spacial score (nSPS) is 31.1. The van der Waals surface area contributed by atoms with E-state index in [1.807, 2.05) is 7.11 Å². The maximum atomic E-state index is 5.39. The monoisotopic (exact) mass is 197 g/mol. The second kappa shape index (κ2) is 5.13. The molecule has 1 saturated carbocycles. The summed E-state index contributed by atoms with van der Waals surface area (Å²) in [7, 11) is 1.85. The molecule has 82 valence electrons. The van der Waals surface area contributed by atoms with Gasteiger partial charge >= 0.3 is 0 Å². The van der Waals surface area contributed by atoms with Crippen LogP contribution in [0.15, 0.2) is 0 Å². The minimum atomic E-state index is 0.835. The molecule has 2 fully saturated rings. The summed E-state index contributed by atoms with van der Waals surface area (Å²) in [5, 5.41) is 3.52. The molecule has 2 nitrogen and oxygen atoms in total. The first-order chi connectivity index (χ1) is 6.92. The molecule has 2 rings (SSSR count). The molecule has 2 atom stereocenters. The lowest BCUT2D eigenvalue weighted by molar-refractivity contribution is 0.0416.